The number of carbonyl (C=O) groups is 1. The summed E-state index contributed by atoms with van der Waals surface area (Å²) in [6.45, 7) is 0.396. The monoisotopic (exact) mass is 324 g/mol. The van der Waals surface area contributed by atoms with Crippen molar-refractivity contribution >= 4 is 17.7 Å². The van der Waals surface area contributed by atoms with Crippen molar-refractivity contribution in [2.75, 3.05) is 6.26 Å². The smallest absolute Gasteiger partial charge is 0.251 e. The van der Waals surface area contributed by atoms with Gasteiger partial charge in [-0.1, -0.05) is 6.07 Å². The molecule has 0 fully saturated rings. The third-order valence-electron chi connectivity index (χ3n) is 3.44. The van der Waals surface area contributed by atoms with Crippen LogP contribution in [0.4, 0.5) is 0 Å². The molecule has 3 aromatic rings. The van der Waals surface area contributed by atoms with Crippen molar-refractivity contribution < 1.29 is 9.21 Å². The van der Waals surface area contributed by atoms with Gasteiger partial charge in [0.25, 0.3) is 5.91 Å². The van der Waals surface area contributed by atoms with E-state index in [0.29, 0.717) is 17.9 Å². The Kier molecular flexibility index (Phi) is 4.78. The van der Waals surface area contributed by atoms with Gasteiger partial charge in [0.15, 0.2) is 5.76 Å². The second-order valence-electron chi connectivity index (χ2n) is 4.90. The van der Waals surface area contributed by atoms with Crippen LogP contribution in [0.15, 0.2) is 70.3 Å². The number of carbonyl (C=O) groups excluding carboxylic acids is 1. The topological polar surface area (TPSA) is 55.1 Å². The molecule has 2 aromatic heterocycles. The van der Waals surface area contributed by atoms with Crippen LogP contribution in [0.5, 0.6) is 0 Å². The number of furan rings is 1. The Morgan fingerprint density at radius 1 is 1.17 bits per heavy atom. The van der Waals surface area contributed by atoms with Gasteiger partial charge in [-0.25, -0.2) is 0 Å². The highest BCUT2D eigenvalue weighted by atomic mass is 32.2. The summed E-state index contributed by atoms with van der Waals surface area (Å²) < 4.78 is 5.40. The minimum atomic E-state index is -0.105. The van der Waals surface area contributed by atoms with Crippen LogP contribution in [-0.4, -0.2) is 17.1 Å². The third kappa shape index (κ3) is 3.63. The first-order valence-corrected chi connectivity index (χ1v) is 8.40. The maximum Gasteiger partial charge on any atom is 0.251 e. The van der Waals surface area contributed by atoms with Gasteiger partial charge < -0.3 is 9.73 Å². The average molecular weight is 324 g/mol. The number of thioether (sulfide) groups is 1. The predicted molar refractivity (Wildman–Crippen MR) is 91.3 cm³/mol. The first-order chi connectivity index (χ1) is 11.3. The highest BCUT2D eigenvalue weighted by Crippen LogP contribution is 2.21. The van der Waals surface area contributed by atoms with Gasteiger partial charge in [0.1, 0.15) is 5.69 Å². The molecule has 0 aliphatic carbocycles. The molecule has 1 N–H and O–H groups in total. The minimum Gasteiger partial charge on any atom is -0.463 e. The van der Waals surface area contributed by atoms with E-state index in [2.05, 4.69) is 10.3 Å². The summed E-state index contributed by atoms with van der Waals surface area (Å²) in [6, 6.07) is 15.0. The van der Waals surface area contributed by atoms with Crippen molar-refractivity contribution in [1.29, 1.82) is 0 Å². The van der Waals surface area contributed by atoms with Crippen LogP contribution < -0.4 is 5.32 Å². The van der Waals surface area contributed by atoms with Gasteiger partial charge in [0, 0.05) is 28.8 Å². The van der Waals surface area contributed by atoms with Crippen LogP contribution in [0, 0.1) is 0 Å². The Labute approximate surface area is 138 Å². The zero-order valence-corrected chi connectivity index (χ0v) is 13.5. The molecule has 0 saturated heterocycles. The molecule has 23 heavy (non-hydrogen) atoms. The van der Waals surface area contributed by atoms with E-state index in [9.17, 15) is 4.79 Å². The van der Waals surface area contributed by atoms with Crippen LogP contribution in [0.3, 0.4) is 0 Å². The Morgan fingerprint density at radius 2 is 2.00 bits per heavy atom. The Morgan fingerprint density at radius 3 is 2.70 bits per heavy atom. The molecule has 4 nitrogen and oxygen atoms in total. The lowest BCUT2D eigenvalue weighted by Gasteiger charge is -2.08. The normalized spacial score (nSPS) is 10.5. The molecule has 1 aromatic carbocycles. The zero-order chi connectivity index (χ0) is 16.1. The second-order valence-corrected chi connectivity index (χ2v) is 5.78. The molecule has 0 spiro atoms. The van der Waals surface area contributed by atoms with Gasteiger partial charge in [0.2, 0.25) is 0 Å². The summed E-state index contributed by atoms with van der Waals surface area (Å²) in [5, 5.41) is 2.93. The highest BCUT2D eigenvalue weighted by Gasteiger charge is 2.11. The minimum absolute atomic E-state index is 0.105. The van der Waals surface area contributed by atoms with Gasteiger partial charge >= 0.3 is 0 Å². The van der Waals surface area contributed by atoms with Gasteiger partial charge in [-0.3, -0.25) is 9.78 Å². The fourth-order valence-electron chi connectivity index (χ4n) is 2.24. The van der Waals surface area contributed by atoms with Crippen LogP contribution in [0.25, 0.3) is 11.5 Å². The van der Waals surface area contributed by atoms with Crippen molar-refractivity contribution in [2.24, 2.45) is 0 Å². The number of benzene rings is 1. The molecule has 0 saturated carbocycles. The number of nitrogens with one attached hydrogen (secondary N) is 1. The van der Waals surface area contributed by atoms with E-state index in [1.807, 2.05) is 54.8 Å². The van der Waals surface area contributed by atoms with Crippen LogP contribution in [-0.2, 0) is 6.54 Å². The van der Waals surface area contributed by atoms with Crippen molar-refractivity contribution in [1.82, 2.24) is 10.3 Å². The summed E-state index contributed by atoms with van der Waals surface area (Å²) in [5.74, 6) is 0.589. The molecule has 0 aliphatic heterocycles. The first kappa shape index (κ1) is 15.4. The van der Waals surface area contributed by atoms with E-state index in [0.717, 1.165) is 16.2 Å². The van der Waals surface area contributed by atoms with Crippen LogP contribution >= 0.6 is 11.8 Å². The summed E-state index contributed by atoms with van der Waals surface area (Å²) in [4.78, 5) is 17.7. The van der Waals surface area contributed by atoms with Crippen molar-refractivity contribution in [3.63, 3.8) is 0 Å². The molecule has 0 unspecified atom stereocenters. The number of hydrogen-bond donors (Lipinski definition) is 1. The van der Waals surface area contributed by atoms with Crippen LogP contribution in [0.2, 0.25) is 0 Å². The summed E-state index contributed by atoms with van der Waals surface area (Å²) in [7, 11) is 0. The number of amides is 1. The fourth-order valence-corrected chi connectivity index (χ4v) is 2.64. The molecule has 0 aliphatic rings. The van der Waals surface area contributed by atoms with E-state index in [1.165, 1.54) is 0 Å². The number of pyridine rings is 1. The third-order valence-corrected chi connectivity index (χ3v) is 4.18. The molecule has 1 amide bonds. The number of nitrogens with zero attached hydrogens (tertiary/aromatic N) is 1. The molecule has 0 atom stereocenters. The summed E-state index contributed by atoms with van der Waals surface area (Å²) in [6.07, 6.45) is 5.33. The maximum absolute atomic E-state index is 12.3. The van der Waals surface area contributed by atoms with Crippen molar-refractivity contribution in [3.8, 4) is 11.5 Å². The van der Waals surface area contributed by atoms with Crippen molar-refractivity contribution in [2.45, 2.75) is 11.4 Å². The van der Waals surface area contributed by atoms with E-state index >= 15 is 0 Å². The molecule has 5 heteroatoms. The van der Waals surface area contributed by atoms with E-state index in [4.69, 9.17) is 4.42 Å². The highest BCUT2D eigenvalue weighted by molar-refractivity contribution is 7.98. The van der Waals surface area contributed by atoms with E-state index in [1.54, 1.807) is 24.2 Å². The average Bonchev–Trinajstić information content (AvgIpc) is 3.14. The number of rotatable bonds is 5. The number of aromatic nitrogens is 1. The first-order valence-electron chi connectivity index (χ1n) is 7.18. The van der Waals surface area contributed by atoms with Crippen LogP contribution in [0.1, 0.15) is 15.9 Å². The molecular formula is C18H16N2O2S. The molecule has 0 radical (unpaired) electrons. The molecule has 0 bridgehead atoms. The Bertz CT molecular complexity index is 783. The fraction of sp³-hybridized carbons (Fsp3) is 0.111. The maximum atomic E-state index is 12.3. The Hall–Kier alpha value is -2.53. The van der Waals surface area contributed by atoms with Crippen molar-refractivity contribution in [3.05, 3.63) is 72.1 Å². The molecule has 2 heterocycles. The molecular weight excluding hydrogens is 308 g/mol. The lowest BCUT2D eigenvalue weighted by molar-refractivity contribution is 0.0951. The van der Waals surface area contributed by atoms with Gasteiger partial charge in [-0.15, -0.1) is 11.8 Å². The molecule has 3 rings (SSSR count). The van der Waals surface area contributed by atoms with E-state index < -0.39 is 0 Å². The quantitative estimate of drug-likeness (QED) is 0.721. The lowest BCUT2D eigenvalue weighted by atomic mass is 10.1. The lowest BCUT2D eigenvalue weighted by Crippen LogP contribution is -2.23. The summed E-state index contributed by atoms with van der Waals surface area (Å²) >= 11 is 1.65. The standard InChI is InChI=1S/C18H16N2O2S/c1-23-15-8-6-13(7-9-15)18(21)20-12-14-4-2-10-19-17(14)16-5-3-11-22-16/h2-11H,12H2,1H3,(H,20,21). The molecule has 116 valence electrons. The van der Waals surface area contributed by atoms with Gasteiger partial charge in [0.05, 0.1) is 6.26 Å². The van der Waals surface area contributed by atoms with Gasteiger partial charge in [-0.05, 0) is 48.7 Å². The number of hydrogen-bond acceptors (Lipinski definition) is 4. The second kappa shape index (κ2) is 7.15. The summed E-state index contributed by atoms with van der Waals surface area (Å²) in [5.41, 5.74) is 2.30. The van der Waals surface area contributed by atoms with E-state index in [-0.39, 0.29) is 5.91 Å². The SMILES string of the molecule is CSc1ccc(C(=O)NCc2cccnc2-c2ccco2)cc1. The zero-order valence-electron chi connectivity index (χ0n) is 12.7. The Balaban J connectivity index is 1.72. The largest absolute Gasteiger partial charge is 0.463 e. The predicted octanol–water partition coefficient (Wildman–Crippen LogP) is 3.99. The van der Waals surface area contributed by atoms with Gasteiger partial charge in [-0.2, -0.15) is 0 Å².